The average molecular weight is 482 g/mol. The quantitative estimate of drug-likeness (QED) is 0.383. The first kappa shape index (κ1) is 22.2. The molecule has 1 aliphatic heterocycles. The summed E-state index contributed by atoms with van der Waals surface area (Å²) >= 11 is 0. The van der Waals surface area contributed by atoms with E-state index >= 15 is 0 Å². The lowest BCUT2D eigenvalue weighted by molar-refractivity contribution is -0.121. The van der Waals surface area contributed by atoms with E-state index in [0.29, 0.717) is 6.54 Å². The van der Waals surface area contributed by atoms with Gasteiger partial charge >= 0.3 is 0 Å². The minimum atomic E-state index is -0.287. The number of hydrogen-bond acceptors (Lipinski definition) is 4. The third-order valence-electron chi connectivity index (χ3n) is 6.73. The number of carbonyl (C=O) groups excluding carboxylic acids is 1. The molecule has 7 nitrogen and oxygen atoms in total. The van der Waals surface area contributed by atoms with Crippen molar-refractivity contribution in [2.24, 2.45) is 0 Å². The van der Waals surface area contributed by atoms with Crippen molar-refractivity contribution >= 4 is 16.8 Å². The van der Waals surface area contributed by atoms with Crippen LogP contribution >= 0.6 is 0 Å². The smallest absolute Gasteiger partial charge is 0.240 e. The second kappa shape index (κ2) is 9.05. The highest BCUT2D eigenvalue weighted by Crippen LogP contribution is 2.37. The zero-order valence-electron chi connectivity index (χ0n) is 19.5. The third kappa shape index (κ3) is 3.95. The standard InChI is InChI=1S/C28H24FN5O2/c29-21-6-8-25-24(13-21)23-10-12-34-26(9-11-32-34)28(23)33(25)16-27(36)31-15-22-7-5-20(14-30-22)19-3-1-18(17-35)2-4-19/h1-9,11,13-14,35H,10,12,15-17H2,(H,31,36). The predicted molar refractivity (Wildman–Crippen MR) is 134 cm³/mol. The lowest BCUT2D eigenvalue weighted by Gasteiger charge is -2.18. The molecule has 4 heterocycles. The number of rotatable bonds is 6. The molecule has 6 rings (SSSR count). The fourth-order valence-electron chi connectivity index (χ4n) is 4.93. The van der Waals surface area contributed by atoms with Gasteiger partial charge in [0.05, 0.1) is 30.2 Å². The van der Waals surface area contributed by atoms with Crippen LogP contribution in [0.25, 0.3) is 33.4 Å². The second-order valence-corrected chi connectivity index (χ2v) is 8.93. The maximum Gasteiger partial charge on any atom is 0.240 e. The summed E-state index contributed by atoms with van der Waals surface area (Å²) in [5.74, 6) is -0.439. The topological polar surface area (TPSA) is 85.0 Å². The van der Waals surface area contributed by atoms with Gasteiger partial charge in [-0.3, -0.25) is 14.5 Å². The average Bonchev–Trinajstić information content (AvgIpc) is 3.50. The molecule has 0 aliphatic carbocycles. The lowest BCUT2D eigenvalue weighted by Crippen LogP contribution is -2.28. The molecule has 0 fully saturated rings. The number of aromatic nitrogens is 4. The highest BCUT2D eigenvalue weighted by atomic mass is 19.1. The fraction of sp³-hybridized carbons (Fsp3) is 0.179. The Hall–Kier alpha value is -4.30. The molecule has 1 aliphatic rings. The van der Waals surface area contributed by atoms with Gasteiger partial charge in [0.2, 0.25) is 5.91 Å². The summed E-state index contributed by atoms with van der Waals surface area (Å²) in [6.45, 7) is 1.15. The number of aliphatic hydroxyl groups is 1. The van der Waals surface area contributed by atoms with Gasteiger partial charge in [-0.2, -0.15) is 5.10 Å². The fourth-order valence-corrected chi connectivity index (χ4v) is 4.93. The van der Waals surface area contributed by atoms with Crippen LogP contribution in [0.4, 0.5) is 4.39 Å². The number of carbonyl (C=O) groups is 1. The van der Waals surface area contributed by atoms with E-state index in [1.54, 1.807) is 24.5 Å². The number of nitrogens with one attached hydrogen (secondary N) is 1. The molecule has 0 radical (unpaired) electrons. The van der Waals surface area contributed by atoms with Crippen LogP contribution < -0.4 is 5.32 Å². The molecule has 1 amide bonds. The van der Waals surface area contributed by atoms with Crippen molar-refractivity contribution in [3.8, 4) is 22.5 Å². The first-order valence-corrected chi connectivity index (χ1v) is 11.9. The number of aryl methyl sites for hydroxylation is 2. The number of nitrogens with zero attached hydrogens (tertiary/aromatic N) is 4. The van der Waals surface area contributed by atoms with Gasteiger partial charge in [-0.05, 0) is 53.4 Å². The van der Waals surface area contributed by atoms with Crippen LogP contribution in [-0.4, -0.2) is 30.3 Å². The number of benzene rings is 2. The summed E-state index contributed by atoms with van der Waals surface area (Å²) in [5, 5.41) is 17.4. The summed E-state index contributed by atoms with van der Waals surface area (Å²) in [4.78, 5) is 17.5. The Kier molecular flexibility index (Phi) is 5.58. The van der Waals surface area contributed by atoms with E-state index in [1.165, 1.54) is 6.07 Å². The molecule has 3 aromatic heterocycles. The summed E-state index contributed by atoms with van der Waals surface area (Å²) in [5.41, 5.74) is 7.32. The number of halogens is 1. The van der Waals surface area contributed by atoms with Crippen LogP contribution in [0, 0.1) is 5.82 Å². The summed E-state index contributed by atoms with van der Waals surface area (Å²) in [6, 6.07) is 18.2. The second-order valence-electron chi connectivity index (χ2n) is 8.93. The molecule has 0 bridgehead atoms. The normalized spacial score (nSPS) is 12.4. The summed E-state index contributed by atoms with van der Waals surface area (Å²) in [6.07, 6.45) is 4.27. The monoisotopic (exact) mass is 481 g/mol. The Balaban J connectivity index is 1.20. The zero-order chi connectivity index (χ0) is 24.6. The Bertz CT molecular complexity index is 1570. The molecule has 180 valence electrons. The number of hydrogen-bond donors (Lipinski definition) is 2. The van der Waals surface area contributed by atoms with E-state index in [1.807, 2.05) is 51.7 Å². The SMILES string of the molecule is O=C(Cn1c2c(c3cc(F)ccc31)CCn1nccc1-2)NCc1ccc(-c2ccc(CO)cc2)cn1. The number of pyridine rings is 1. The Morgan fingerprint density at radius 1 is 1.06 bits per heavy atom. The van der Waals surface area contributed by atoms with E-state index in [2.05, 4.69) is 15.4 Å². The molecule has 5 aromatic rings. The highest BCUT2D eigenvalue weighted by molar-refractivity contribution is 5.93. The molecule has 0 saturated carbocycles. The predicted octanol–water partition coefficient (Wildman–Crippen LogP) is 4.07. The minimum Gasteiger partial charge on any atom is -0.392 e. The zero-order valence-corrected chi connectivity index (χ0v) is 19.5. The van der Waals surface area contributed by atoms with Crippen LogP contribution in [0.1, 0.15) is 16.8 Å². The molecule has 36 heavy (non-hydrogen) atoms. The van der Waals surface area contributed by atoms with Gasteiger partial charge in [0.15, 0.2) is 0 Å². The first-order valence-electron chi connectivity index (χ1n) is 11.9. The molecule has 0 spiro atoms. The lowest BCUT2D eigenvalue weighted by atomic mass is 10.0. The number of fused-ring (bicyclic) bond motifs is 5. The maximum absolute atomic E-state index is 14.1. The Morgan fingerprint density at radius 3 is 2.67 bits per heavy atom. The van der Waals surface area contributed by atoms with Gasteiger partial charge < -0.3 is 15.0 Å². The molecule has 8 heteroatoms. The van der Waals surface area contributed by atoms with Crippen LogP contribution in [0.3, 0.4) is 0 Å². The van der Waals surface area contributed by atoms with E-state index in [-0.39, 0.29) is 24.9 Å². The van der Waals surface area contributed by atoms with Crippen LogP contribution in [-0.2, 0) is 37.5 Å². The van der Waals surface area contributed by atoms with Gasteiger partial charge in [-0.1, -0.05) is 30.3 Å². The van der Waals surface area contributed by atoms with Crippen molar-refractivity contribution in [2.45, 2.75) is 32.7 Å². The maximum atomic E-state index is 14.1. The van der Waals surface area contributed by atoms with E-state index in [0.717, 1.165) is 63.2 Å². The number of aliphatic hydroxyl groups excluding tert-OH is 1. The van der Waals surface area contributed by atoms with Crippen LogP contribution in [0.5, 0.6) is 0 Å². The highest BCUT2D eigenvalue weighted by Gasteiger charge is 2.26. The molecule has 2 aromatic carbocycles. The van der Waals surface area contributed by atoms with Gasteiger partial charge in [0, 0.05) is 35.4 Å². The van der Waals surface area contributed by atoms with Crippen molar-refractivity contribution in [1.29, 1.82) is 0 Å². The van der Waals surface area contributed by atoms with Crippen molar-refractivity contribution in [3.05, 3.63) is 95.7 Å². The first-order chi connectivity index (χ1) is 17.6. The van der Waals surface area contributed by atoms with Gasteiger partial charge in [0.1, 0.15) is 12.4 Å². The van der Waals surface area contributed by atoms with E-state index in [9.17, 15) is 14.3 Å². The van der Waals surface area contributed by atoms with Crippen LogP contribution in [0.15, 0.2) is 73.1 Å². The summed E-state index contributed by atoms with van der Waals surface area (Å²) in [7, 11) is 0. The van der Waals surface area contributed by atoms with E-state index < -0.39 is 0 Å². The van der Waals surface area contributed by atoms with Crippen molar-refractivity contribution in [3.63, 3.8) is 0 Å². The number of amides is 1. The third-order valence-corrected chi connectivity index (χ3v) is 6.73. The minimum absolute atomic E-state index is 0.0132. The van der Waals surface area contributed by atoms with Gasteiger partial charge in [0.25, 0.3) is 0 Å². The van der Waals surface area contributed by atoms with Gasteiger partial charge in [-0.25, -0.2) is 4.39 Å². The summed E-state index contributed by atoms with van der Waals surface area (Å²) < 4.78 is 18.0. The largest absolute Gasteiger partial charge is 0.392 e. The Morgan fingerprint density at radius 2 is 1.89 bits per heavy atom. The molecule has 0 saturated heterocycles. The Labute approximate surface area is 206 Å². The molecular formula is C28H24FN5O2. The van der Waals surface area contributed by atoms with Crippen molar-refractivity contribution in [1.82, 2.24) is 24.6 Å². The molecule has 0 unspecified atom stereocenters. The van der Waals surface area contributed by atoms with Gasteiger partial charge in [-0.15, -0.1) is 0 Å². The van der Waals surface area contributed by atoms with E-state index in [4.69, 9.17) is 0 Å². The molecular weight excluding hydrogens is 457 g/mol. The molecule has 2 N–H and O–H groups in total. The molecule has 0 atom stereocenters. The van der Waals surface area contributed by atoms with Crippen LogP contribution in [0.2, 0.25) is 0 Å². The van der Waals surface area contributed by atoms with Crippen molar-refractivity contribution in [2.75, 3.05) is 0 Å². The van der Waals surface area contributed by atoms with Crippen molar-refractivity contribution < 1.29 is 14.3 Å².